The number of hydrogen-bond acceptors (Lipinski definition) is 4. The third-order valence-electron chi connectivity index (χ3n) is 3.93. The highest BCUT2D eigenvalue weighted by molar-refractivity contribution is 6.04. The van der Waals surface area contributed by atoms with E-state index in [2.05, 4.69) is 15.8 Å². The number of nitrogens with one attached hydrogen (secondary N) is 2. The molecule has 26 heavy (non-hydrogen) atoms. The van der Waals surface area contributed by atoms with Crippen LogP contribution in [0.15, 0.2) is 59.8 Å². The van der Waals surface area contributed by atoms with Gasteiger partial charge in [-0.1, -0.05) is 35.5 Å². The molecule has 0 unspecified atom stereocenters. The van der Waals surface area contributed by atoms with Crippen molar-refractivity contribution in [1.29, 1.82) is 0 Å². The van der Waals surface area contributed by atoms with Crippen LogP contribution in [0.1, 0.15) is 18.9 Å². The summed E-state index contributed by atoms with van der Waals surface area (Å²) in [6, 6.07) is 14.0. The first kappa shape index (κ1) is 17.6. The molecule has 0 saturated carbocycles. The molecule has 134 valence electrons. The molecule has 0 spiro atoms. The Labute approximate surface area is 150 Å². The normalized spacial score (nSPS) is 17.0. The van der Waals surface area contributed by atoms with Gasteiger partial charge in [0.25, 0.3) is 5.91 Å². The van der Waals surface area contributed by atoms with Gasteiger partial charge in [-0.3, -0.25) is 9.59 Å². The summed E-state index contributed by atoms with van der Waals surface area (Å²) in [5.41, 5.74) is 2.03. The second-order valence-corrected chi connectivity index (χ2v) is 5.93. The number of nitrogens with zero attached hydrogens (tertiary/aromatic N) is 1. The molecule has 0 aliphatic carbocycles. The van der Waals surface area contributed by atoms with E-state index in [1.54, 1.807) is 6.92 Å². The fraction of sp³-hybridized carbons (Fsp3) is 0.211. The van der Waals surface area contributed by atoms with Gasteiger partial charge in [0.2, 0.25) is 12.0 Å². The predicted molar refractivity (Wildman–Crippen MR) is 95.1 cm³/mol. The number of benzene rings is 2. The molecule has 0 radical (unpaired) electrons. The van der Waals surface area contributed by atoms with E-state index in [-0.39, 0.29) is 0 Å². The summed E-state index contributed by atoms with van der Waals surface area (Å²) >= 11 is 0. The average molecular weight is 355 g/mol. The highest BCUT2D eigenvalue weighted by Gasteiger charge is 2.30. The molecule has 0 fully saturated rings. The fourth-order valence-electron chi connectivity index (χ4n) is 2.47. The van der Waals surface area contributed by atoms with Crippen molar-refractivity contribution in [2.75, 3.05) is 5.32 Å². The molecule has 1 heterocycles. The van der Waals surface area contributed by atoms with Crippen molar-refractivity contribution in [2.45, 2.75) is 25.5 Å². The van der Waals surface area contributed by atoms with Crippen molar-refractivity contribution in [3.05, 3.63) is 66.0 Å². The SMILES string of the molecule is C[C@H](NC(=O)[C@H]1CC(c2ccccc2)=NO1)C(=O)Nc1ccc(F)cc1. The zero-order valence-electron chi connectivity index (χ0n) is 14.1. The van der Waals surface area contributed by atoms with Crippen LogP contribution in [0.5, 0.6) is 0 Å². The minimum atomic E-state index is -0.781. The average Bonchev–Trinajstić information content (AvgIpc) is 3.14. The van der Waals surface area contributed by atoms with Crippen LogP contribution in [-0.2, 0) is 14.4 Å². The van der Waals surface area contributed by atoms with Gasteiger partial charge >= 0.3 is 0 Å². The van der Waals surface area contributed by atoms with Crippen molar-refractivity contribution in [1.82, 2.24) is 5.32 Å². The van der Waals surface area contributed by atoms with Gasteiger partial charge in [-0.05, 0) is 36.8 Å². The molecule has 1 aliphatic heterocycles. The Morgan fingerprint density at radius 1 is 1.15 bits per heavy atom. The van der Waals surface area contributed by atoms with Crippen LogP contribution in [0.25, 0.3) is 0 Å². The molecule has 2 aromatic rings. The summed E-state index contributed by atoms with van der Waals surface area (Å²) < 4.78 is 12.9. The van der Waals surface area contributed by atoms with Crippen molar-refractivity contribution < 1.29 is 18.8 Å². The number of carbonyl (C=O) groups is 2. The highest BCUT2D eigenvalue weighted by atomic mass is 19.1. The molecule has 7 heteroatoms. The summed E-state index contributed by atoms with van der Waals surface area (Å²) in [5.74, 6) is -1.22. The Bertz CT molecular complexity index is 822. The van der Waals surface area contributed by atoms with Crippen molar-refractivity contribution in [2.24, 2.45) is 5.16 Å². The number of carbonyl (C=O) groups excluding carboxylic acids is 2. The van der Waals surface area contributed by atoms with Gasteiger partial charge in [0.05, 0.1) is 5.71 Å². The zero-order chi connectivity index (χ0) is 18.5. The van der Waals surface area contributed by atoms with Crippen molar-refractivity contribution in [3.8, 4) is 0 Å². The third-order valence-corrected chi connectivity index (χ3v) is 3.93. The summed E-state index contributed by atoms with van der Waals surface area (Å²) in [7, 11) is 0. The largest absolute Gasteiger partial charge is 0.382 e. The standard InChI is InChI=1S/C19H18FN3O3/c1-12(18(24)22-15-9-7-14(20)8-10-15)21-19(25)17-11-16(23-26-17)13-5-3-2-4-6-13/h2-10,12,17H,11H2,1H3,(H,21,25)(H,22,24)/t12-,17+/m0/s1. The number of rotatable bonds is 5. The number of hydrogen-bond donors (Lipinski definition) is 2. The number of anilines is 1. The van der Waals surface area contributed by atoms with Crippen molar-refractivity contribution in [3.63, 3.8) is 0 Å². The smallest absolute Gasteiger partial charge is 0.264 e. The molecule has 3 rings (SSSR count). The minimum Gasteiger partial charge on any atom is -0.382 e. The molecule has 2 N–H and O–H groups in total. The van der Waals surface area contributed by atoms with Gasteiger partial charge in [0.15, 0.2) is 0 Å². The van der Waals surface area contributed by atoms with Crippen LogP contribution >= 0.6 is 0 Å². The summed E-state index contributed by atoms with van der Waals surface area (Å²) in [6.07, 6.45) is -0.437. The second-order valence-electron chi connectivity index (χ2n) is 5.93. The Kier molecular flexibility index (Phi) is 5.26. The van der Waals surface area contributed by atoms with E-state index in [0.29, 0.717) is 17.8 Å². The first-order chi connectivity index (χ1) is 12.5. The molecule has 0 aromatic heterocycles. The van der Waals surface area contributed by atoms with Gasteiger partial charge in [-0.2, -0.15) is 0 Å². The maximum atomic E-state index is 12.9. The third kappa shape index (κ3) is 4.24. The second kappa shape index (κ2) is 7.77. The summed E-state index contributed by atoms with van der Waals surface area (Å²) in [6.45, 7) is 1.56. The topological polar surface area (TPSA) is 79.8 Å². The quantitative estimate of drug-likeness (QED) is 0.865. The van der Waals surface area contributed by atoms with E-state index in [1.807, 2.05) is 30.3 Å². The molecule has 2 amide bonds. The molecule has 2 atom stereocenters. The zero-order valence-corrected chi connectivity index (χ0v) is 14.1. The lowest BCUT2D eigenvalue weighted by molar-refractivity contribution is -0.134. The van der Waals surface area contributed by atoms with E-state index in [0.717, 1.165) is 5.56 Å². The predicted octanol–water partition coefficient (Wildman–Crippen LogP) is 2.46. The Morgan fingerprint density at radius 3 is 2.54 bits per heavy atom. The van der Waals surface area contributed by atoms with Crippen molar-refractivity contribution >= 4 is 23.2 Å². The summed E-state index contributed by atoms with van der Waals surface area (Å²) in [4.78, 5) is 29.6. The van der Waals surface area contributed by atoms with E-state index in [4.69, 9.17) is 4.84 Å². The maximum Gasteiger partial charge on any atom is 0.264 e. The maximum absolute atomic E-state index is 12.9. The Hall–Kier alpha value is -3.22. The Balaban J connectivity index is 1.51. The van der Waals surface area contributed by atoms with E-state index >= 15 is 0 Å². The van der Waals surface area contributed by atoms with Crippen LogP contribution < -0.4 is 10.6 Å². The van der Waals surface area contributed by atoms with E-state index < -0.39 is 29.8 Å². The molecular weight excluding hydrogens is 337 g/mol. The fourth-order valence-corrected chi connectivity index (χ4v) is 2.47. The van der Waals surface area contributed by atoms with Gasteiger partial charge in [0.1, 0.15) is 11.9 Å². The monoisotopic (exact) mass is 355 g/mol. The first-order valence-electron chi connectivity index (χ1n) is 8.18. The molecule has 0 bridgehead atoms. The number of halogens is 1. The van der Waals surface area contributed by atoms with Gasteiger partial charge < -0.3 is 15.5 Å². The Morgan fingerprint density at radius 2 is 1.85 bits per heavy atom. The van der Waals surface area contributed by atoms with Crippen LogP contribution in [0.4, 0.5) is 10.1 Å². The van der Waals surface area contributed by atoms with E-state index in [9.17, 15) is 14.0 Å². The molecule has 6 nitrogen and oxygen atoms in total. The van der Waals surface area contributed by atoms with Crippen LogP contribution in [0.2, 0.25) is 0 Å². The van der Waals surface area contributed by atoms with Crippen LogP contribution in [-0.4, -0.2) is 29.7 Å². The number of oxime groups is 1. The van der Waals surface area contributed by atoms with Gasteiger partial charge in [0, 0.05) is 12.1 Å². The van der Waals surface area contributed by atoms with Gasteiger partial charge in [-0.15, -0.1) is 0 Å². The first-order valence-corrected chi connectivity index (χ1v) is 8.18. The lowest BCUT2D eigenvalue weighted by Gasteiger charge is -2.16. The minimum absolute atomic E-state index is 0.335. The van der Waals surface area contributed by atoms with Crippen LogP contribution in [0.3, 0.4) is 0 Å². The highest BCUT2D eigenvalue weighted by Crippen LogP contribution is 2.17. The molecule has 2 aromatic carbocycles. The molecule has 0 saturated heterocycles. The van der Waals surface area contributed by atoms with E-state index in [1.165, 1.54) is 24.3 Å². The lowest BCUT2D eigenvalue weighted by Crippen LogP contribution is -2.46. The van der Waals surface area contributed by atoms with Gasteiger partial charge in [-0.25, -0.2) is 4.39 Å². The number of amides is 2. The molecular formula is C19H18FN3O3. The summed E-state index contributed by atoms with van der Waals surface area (Å²) in [5, 5.41) is 9.17. The van der Waals surface area contributed by atoms with Crippen LogP contribution in [0, 0.1) is 5.82 Å². The lowest BCUT2D eigenvalue weighted by atomic mass is 10.0. The molecule has 1 aliphatic rings.